The van der Waals surface area contributed by atoms with E-state index in [-0.39, 0.29) is 24.0 Å². The summed E-state index contributed by atoms with van der Waals surface area (Å²) in [6.45, 7) is 9.25. The molecule has 1 fully saturated rings. The van der Waals surface area contributed by atoms with E-state index in [9.17, 15) is 8.42 Å². The summed E-state index contributed by atoms with van der Waals surface area (Å²) in [4.78, 5) is 4.21. The number of halogens is 1. The Balaban J connectivity index is 0.00000484. The maximum absolute atomic E-state index is 11.7. The van der Waals surface area contributed by atoms with Crippen LogP contribution in [0.3, 0.4) is 0 Å². The van der Waals surface area contributed by atoms with E-state index in [4.69, 9.17) is 0 Å². The zero-order valence-corrected chi connectivity index (χ0v) is 18.5. The molecule has 1 saturated carbocycles. The minimum atomic E-state index is -3.10. The third-order valence-corrected chi connectivity index (χ3v) is 6.95. The van der Waals surface area contributed by atoms with E-state index >= 15 is 0 Å². The molecule has 0 atom stereocenters. The Morgan fingerprint density at radius 2 is 1.83 bits per heavy atom. The van der Waals surface area contributed by atoms with Crippen LogP contribution in [0.4, 0.5) is 0 Å². The average Bonchev–Trinajstić information content (AvgIpc) is 2.33. The van der Waals surface area contributed by atoms with Crippen LogP contribution in [0.15, 0.2) is 4.99 Å². The highest BCUT2D eigenvalue weighted by Crippen LogP contribution is 2.45. The number of hydrogen-bond acceptors (Lipinski definition) is 3. The van der Waals surface area contributed by atoms with Crippen LogP contribution in [0.1, 0.15) is 53.4 Å². The molecule has 0 unspecified atom stereocenters. The fourth-order valence-corrected chi connectivity index (χ4v) is 3.25. The van der Waals surface area contributed by atoms with Crippen molar-refractivity contribution in [2.24, 2.45) is 16.3 Å². The second-order valence-electron chi connectivity index (χ2n) is 7.76. The highest BCUT2D eigenvalue weighted by Gasteiger charge is 2.37. The van der Waals surface area contributed by atoms with Gasteiger partial charge in [0, 0.05) is 26.4 Å². The first-order valence-electron chi connectivity index (χ1n) is 8.15. The molecule has 7 heteroatoms. The van der Waals surface area contributed by atoms with Gasteiger partial charge < -0.3 is 10.6 Å². The van der Waals surface area contributed by atoms with Gasteiger partial charge in [0.25, 0.3) is 0 Å². The van der Waals surface area contributed by atoms with Gasteiger partial charge in [0.15, 0.2) is 15.8 Å². The molecule has 23 heavy (non-hydrogen) atoms. The Labute approximate surface area is 159 Å². The third-order valence-electron chi connectivity index (χ3n) is 4.80. The molecule has 138 valence electrons. The van der Waals surface area contributed by atoms with Gasteiger partial charge in [0.2, 0.25) is 0 Å². The standard InChI is InChI=1S/C16H33N3O2S.HI/c1-13(2)10-16(8-7-9-16)12-19-14(17-5)18-11-15(3,4)22(6,20)21;/h13H,7-12H2,1-6H3,(H2,17,18,19);1H. The third kappa shape index (κ3) is 6.76. The Hall–Kier alpha value is -0.0500. The largest absolute Gasteiger partial charge is 0.356 e. The summed E-state index contributed by atoms with van der Waals surface area (Å²) >= 11 is 0. The zero-order valence-electron chi connectivity index (χ0n) is 15.4. The number of sulfone groups is 1. The van der Waals surface area contributed by atoms with Gasteiger partial charge in [-0.05, 0) is 44.4 Å². The summed E-state index contributed by atoms with van der Waals surface area (Å²) in [5, 5.41) is 6.54. The summed E-state index contributed by atoms with van der Waals surface area (Å²) in [5.41, 5.74) is 0.387. The SMILES string of the molecule is CN=C(NCC1(CC(C)C)CCC1)NCC(C)(C)S(C)(=O)=O.I. The van der Waals surface area contributed by atoms with Gasteiger partial charge in [-0.15, -0.1) is 24.0 Å². The smallest absolute Gasteiger partial charge is 0.191 e. The lowest BCUT2D eigenvalue weighted by Gasteiger charge is -2.43. The first-order valence-corrected chi connectivity index (χ1v) is 10.0. The molecule has 1 aliphatic carbocycles. The maximum Gasteiger partial charge on any atom is 0.191 e. The predicted molar refractivity (Wildman–Crippen MR) is 109 cm³/mol. The van der Waals surface area contributed by atoms with Crippen LogP contribution >= 0.6 is 24.0 Å². The molecule has 1 rings (SSSR count). The Morgan fingerprint density at radius 1 is 1.26 bits per heavy atom. The van der Waals surface area contributed by atoms with Crippen molar-refractivity contribution in [1.29, 1.82) is 0 Å². The van der Waals surface area contributed by atoms with Crippen molar-refractivity contribution < 1.29 is 8.42 Å². The topological polar surface area (TPSA) is 70.6 Å². The molecule has 5 nitrogen and oxygen atoms in total. The predicted octanol–water partition coefficient (Wildman–Crippen LogP) is 2.81. The van der Waals surface area contributed by atoms with Gasteiger partial charge in [-0.2, -0.15) is 0 Å². The number of nitrogens with zero attached hydrogens (tertiary/aromatic N) is 1. The molecule has 0 aliphatic heterocycles. The van der Waals surface area contributed by atoms with Crippen LogP contribution in [-0.2, 0) is 9.84 Å². The molecule has 0 aromatic heterocycles. The Morgan fingerprint density at radius 3 is 2.17 bits per heavy atom. The maximum atomic E-state index is 11.7. The highest BCUT2D eigenvalue weighted by atomic mass is 127. The second kappa shape index (κ2) is 8.87. The van der Waals surface area contributed by atoms with Crippen LogP contribution in [0.2, 0.25) is 0 Å². The molecule has 0 aromatic carbocycles. The van der Waals surface area contributed by atoms with Gasteiger partial charge in [-0.3, -0.25) is 4.99 Å². The summed E-state index contributed by atoms with van der Waals surface area (Å²) < 4.78 is 22.7. The fraction of sp³-hybridized carbons (Fsp3) is 0.938. The Kier molecular flexibility index (Phi) is 8.85. The highest BCUT2D eigenvalue weighted by molar-refractivity contribution is 14.0. The molecular weight excluding hydrogens is 425 g/mol. The van der Waals surface area contributed by atoms with Crippen LogP contribution in [0.25, 0.3) is 0 Å². The van der Waals surface area contributed by atoms with Crippen LogP contribution < -0.4 is 10.6 Å². The molecular formula is C16H34IN3O2S. The van der Waals surface area contributed by atoms with Gasteiger partial charge in [0.05, 0.1) is 4.75 Å². The molecule has 2 N–H and O–H groups in total. The van der Waals surface area contributed by atoms with E-state index in [0.717, 1.165) is 6.54 Å². The number of rotatable bonds is 7. The lowest BCUT2D eigenvalue weighted by molar-refractivity contribution is 0.104. The van der Waals surface area contributed by atoms with Gasteiger partial charge in [-0.1, -0.05) is 20.3 Å². The van der Waals surface area contributed by atoms with Crippen molar-refractivity contribution in [3.63, 3.8) is 0 Å². The Bertz CT molecular complexity index is 497. The van der Waals surface area contributed by atoms with Gasteiger partial charge in [0.1, 0.15) is 0 Å². The van der Waals surface area contributed by atoms with E-state index in [0.29, 0.717) is 23.8 Å². The van der Waals surface area contributed by atoms with Gasteiger partial charge >= 0.3 is 0 Å². The molecule has 0 spiro atoms. The van der Waals surface area contributed by atoms with Crippen molar-refractivity contribution in [3.8, 4) is 0 Å². The molecule has 0 saturated heterocycles. The quantitative estimate of drug-likeness (QED) is 0.349. The molecule has 0 amide bonds. The number of guanidine groups is 1. The van der Waals surface area contributed by atoms with E-state index in [1.165, 1.54) is 31.9 Å². The van der Waals surface area contributed by atoms with E-state index in [2.05, 4.69) is 29.5 Å². The van der Waals surface area contributed by atoms with Crippen molar-refractivity contribution in [2.75, 3.05) is 26.4 Å². The fourth-order valence-electron chi connectivity index (χ4n) is 2.92. The molecule has 0 heterocycles. The minimum Gasteiger partial charge on any atom is -0.356 e. The minimum absolute atomic E-state index is 0. The van der Waals surface area contributed by atoms with Crippen LogP contribution in [-0.4, -0.2) is 45.5 Å². The van der Waals surface area contributed by atoms with Crippen molar-refractivity contribution in [1.82, 2.24) is 10.6 Å². The first-order chi connectivity index (χ1) is 10.0. The van der Waals surface area contributed by atoms with Gasteiger partial charge in [-0.25, -0.2) is 8.42 Å². The molecule has 0 bridgehead atoms. The van der Waals surface area contributed by atoms with Crippen molar-refractivity contribution >= 4 is 39.8 Å². The summed E-state index contributed by atoms with van der Waals surface area (Å²) in [6, 6.07) is 0. The second-order valence-corrected chi connectivity index (χ2v) is 10.4. The number of nitrogens with one attached hydrogen (secondary N) is 2. The number of aliphatic imine (C=N–C) groups is 1. The molecule has 0 radical (unpaired) electrons. The lowest BCUT2D eigenvalue weighted by Crippen LogP contribution is -2.51. The lowest BCUT2D eigenvalue weighted by atomic mass is 9.64. The van der Waals surface area contributed by atoms with E-state index in [1.54, 1.807) is 20.9 Å². The van der Waals surface area contributed by atoms with E-state index in [1.807, 2.05) is 0 Å². The van der Waals surface area contributed by atoms with Crippen molar-refractivity contribution in [3.05, 3.63) is 0 Å². The summed E-state index contributed by atoms with van der Waals surface area (Å²) in [7, 11) is -1.38. The molecule has 0 aromatic rings. The van der Waals surface area contributed by atoms with Crippen LogP contribution in [0.5, 0.6) is 0 Å². The first kappa shape index (κ1) is 22.9. The monoisotopic (exact) mass is 459 g/mol. The summed E-state index contributed by atoms with van der Waals surface area (Å²) in [6.07, 6.45) is 6.35. The number of hydrogen-bond donors (Lipinski definition) is 2. The normalized spacial score (nSPS) is 18.1. The van der Waals surface area contributed by atoms with Crippen LogP contribution in [0, 0.1) is 11.3 Å². The molecule has 1 aliphatic rings. The zero-order chi connectivity index (χ0) is 17.0. The summed E-state index contributed by atoms with van der Waals surface area (Å²) in [5.74, 6) is 1.38. The van der Waals surface area contributed by atoms with Crippen molar-refractivity contribution in [2.45, 2.75) is 58.1 Å². The average molecular weight is 459 g/mol. The van der Waals surface area contributed by atoms with E-state index < -0.39 is 14.6 Å².